The molecule has 0 radical (unpaired) electrons. The number of hydrogen-bond donors (Lipinski definition) is 0. The summed E-state index contributed by atoms with van der Waals surface area (Å²) in [6.07, 6.45) is 1.21. The number of para-hydroxylation sites is 2. The van der Waals surface area contributed by atoms with Crippen LogP contribution in [-0.2, 0) is 9.59 Å². The molecule has 30 heavy (non-hydrogen) atoms. The molecule has 0 unspecified atom stereocenters. The summed E-state index contributed by atoms with van der Waals surface area (Å²) in [5.41, 5.74) is 1.83. The van der Waals surface area contributed by atoms with Gasteiger partial charge in [0.1, 0.15) is 5.75 Å². The number of hydrogen-bond acceptors (Lipinski definition) is 4. The van der Waals surface area contributed by atoms with Crippen molar-refractivity contribution in [2.24, 2.45) is 0 Å². The van der Waals surface area contributed by atoms with E-state index in [1.165, 1.54) is 0 Å². The molecule has 2 aromatic carbocycles. The smallest absolute Gasteiger partial charge is 0.227 e. The van der Waals surface area contributed by atoms with Gasteiger partial charge in [-0.3, -0.25) is 9.59 Å². The highest BCUT2D eigenvalue weighted by Gasteiger charge is 2.18. The highest BCUT2D eigenvalue weighted by molar-refractivity contribution is 5.95. The summed E-state index contributed by atoms with van der Waals surface area (Å²) in [6.45, 7) is 3.41. The van der Waals surface area contributed by atoms with Crippen molar-refractivity contribution in [1.82, 2.24) is 4.90 Å². The number of carbonyl (C=O) groups is 2. The molecule has 0 N–H and O–H groups in total. The Balaban J connectivity index is 1.76. The second kappa shape index (κ2) is 12.3. The molecule has 0 spiro atoms. The van der Waals surface area contributed by atoms with E-state index in [-0.39, 0.29) is 31.1 Å². The first-order valence-electron chi connectivity index (χ1n) is 10.2. The molecule has 0 bridgehead atoms. The van der Waals surface area contributed by atoms with E-state index in [1.807, 2.05) is 61.5 Å². The summed E-state index contributed by atoms with van der Waals surface area (Å²) in [4.78, 5) is 28.3. The first kappa shape index (κ1) is 23.0. The van der Waals surface area contributed by atoms with Crippen molar-refractivity contribution in [3.63, 3.8) is 0 Å². The van der Waals surface area contributed by atoms with Crippen molar-refractivity contribution in [1.29, 1.82) is 5.26 Å². The van der Waals surface area contributed by atoms with E-state index in [9.17, 15) is 9.59 Å². The minimum atomic E-state index is -0.152. The molecule has 0 aliphatic carbocycles. The molecule has 0 heterocycles. The number of benzene rings is 2. The van der Waals surface area contributed by atoms with E-state index in [2.05, 4.69) is 6.07 Å². The molecule has 2 rings (SSSR count). The van der Waals surface area contributed by atoms with Crippen LogP contribution in [0.4, 0.5) is 5.69 Å². The minimum absolute atomic E-state index is 0.0764. The zero-order valence-corrected chi connectivity index (χ0v) is 17.7. The lowest BCUT2D eigenvalue weighted by Gasteiger charge is -2.22. The van der Waals surface area contributed by atoms with Gasteiger partial charge in [-0.1, -0.05) is 36.4 Å². The predicted octanol–water partition coefficient (Wildman–Crippen LogP) is 3.95. The Hall–Kier alpha value is -3.33. The van der Waals surface area contributed by atoms with E-state index < -0.39 is 0 Å². The van der Waals surface area contributed by atoms with E-state index >= 15 is 0 Å². The number of aryl methyl sites for hydroxylation is 1. The monoisotopic (exact) mass is 407 g/mol. The van der Waals surface area contributed by atoms with Crippen molar-refractivity contribution in [3.05, 3.63) is 60.2 Å². The summed E-state index contributed by atoms with van der Waals surface area (Å²) in [5, 5.41) is 8.87. The molecule has 0 aliphatic heterocycles. The van der Waals surface area contributed by atoms with Crippen molar-refractivity contribution < 1.29 is 14.3 Å². The number of rotatable bonds is 11. The lowest BCUT2D eigenvalue weighted by atomic mass is 10.2. The maximum Gasteiger partial charge on any atom is 0.227 e. The molecule has 158 valence electrons. The van der Waals surface area contributed by atoms with Crippen LogP contribution in [0.1, 0.15) is 31.2 Å². The largest absolute Gasteiger partial charge is 0.493 e. The molecule has 2 amide bonds. The van der Waals surface area contributed by atoms with Gasteiger partial charge in [0.05, 0.1) is 19.1 Å². The predicted molar refractivity (Wildman–Crippen MR) is 117 cm³/mol. The normalized spacial score (nSPS) is 10.2. The number of nitrogens with zero attached hydrogens (tertiary/aromatic N) is 3. The van der Waals surface area contributed by atoms with Gasteiger partial charge >= 0.3 is 0 Å². The Morgan fingerprint density at radius 3 is 2.33 bits per heavy atom. The fraction of sp³-hybridized carbons (Fsp3) is 0.375. The van der Waals surface area contributed by atoms with E-state index in [1.54, 1.807) is 16.8 Å². The second-order valence-corrected chi connectivity index (χ2v) is 7.07. The summed E-state index contributed by atoms with van der Waals surface area (Å²) in [6, 6.07) is 19.1. The van der Waals surface area contributed by atoms with Crippen molar-refractivity contribution in [3.8, 4) is 11.8 Å². The zero-order valence-electron chi connectivity index (χ0n) is 17.7. The van der Waals surface area contributed by atoms with Crippen LogP contribution < -0.4 is 9.64 Å². The molecule has 0 saturated heterocycles. The molecule has 0 aliphatic rings. The first-order chi connectivity index (χ1) is 14.5. The molecule has 6 nitrogen and oxygen atoms in total. The lowest BCUT2D eigenvalue weighted by Crippen LogP contribution is -2.34. The van der Waals surface area contributed by atoms with Gasteiger partial charge in [-0.15, -0.1) is 0 Å². The highest BCUT2D eigenvalue weighted by atomic mass is 16.5. The topological polar surface area (TPSA) is 73.6 Å². The summed E-state index contributed by atoms with van der Waals surface area (Å²) in [7, 11) is 1.74. The molecular formula is C24H29N3O3. The van der Waals surface area contributed by atoms with Gasteiger partial charge in [-0.25, -0.2) is 0 Å². The summed E-state index contributed by atoms with van der Waals surface area (Å²) >= 11 is 0. The average molecular weight is 408 g/mol. The summed E-state index contributed by atoms with van der Waals surface area (Å²) in [5.74, 6) is 0.629. The third-order valence-electron chi connectivity index (χ3n) is 4.78. The number of amides is 2. The zero-order chi connectivity index (χ0) is 21.8. The van der Waals surface area contributed by atoms with Crippen LogP contribution in [0.3, 0.4) is 0 Å². The molecule has 6 heteroatoms. The fourth-order valence-electron chi connectivity index (χ4n) is 3.03. The maximum absolute atomic E-state index is 12.7. The van der Waals surface area contributed by atoms with Crippen molar-refractivity contribution >= 4 is 17.5 Å². The maximum atomic E-state index is 12.7. The molecule has 0 aromatic heterocycles. The van der Waals surface area contributed by atoms with E-state index in [0.717, 1.165) is 17.0 Å². The minimum Gasteiger partial charge on any atom is -0.493 e. The number of ether oxygens (including phenoxy) is 1. The van der Waals surface area contributed by atoms with Crippen molar-refractivity contribution in [2.45, 2.75) is 32.6 Å². The van der Waals surface area contributed by atoms with Crippen LogP contribution in [0, 0.1) is 18.3 Å². The van der Waals surface area contributed by atoms with Gasteiger partial charge in [-0.2, -0.15) is 5.26 Å². The molecule has 2 aromatic rings. The van der Waals surface area contributed by atoms with Gasteiger partial charge in [0.15, 0.2) is 0 Å². The average Bonchev–Trinajstić information content (AvgIpc) is 2.77. The van der Waals surface area contributed by atoms with Gasteiger partial charge < -0.3 is 14.5 Å². The Kier molecular flexibility index (Phi) is 9.39. The number of nitriles is 1. The van der Waals surface area contributed by atoms with Crippen molar-refractivity contribution in [2.75, 3.05) is 31.6 Å². The lowest BCUT2D eigenvalue weighted by molar-refractivity contribution is -0.132. The Morgan fingerprint density at radius 1 is 0.967 bits per heavy atom. The highest BCUT2D eigenvalue weighted by Crippen LogP contribution is 2.17. The molecule has 0 fully saturated rings. The van der Waals surface area contributed by atoms with E-state index in [0.29, 0.717) is 26.1 Å². The van der Waals surface area contributed by atoms with Gasteiger partial charge in [0.2, 0.25) is 11.8 Å². The van der Waals surface area contributed by atoms with Crippen LogP contribution in [0.5, 0.6) is 5.75 Å². The SMILES string of the molecule is Cc1ccccc1OCCCN(C)C(=O)CCC(=O)N(CCC#N)c1ccccc1. The Morgan fingerprint density at radius 2 is 1.63 bits per heavy atom. The summed E-state index contributed by atoms with van der Waals surface area (Å²) < 4.78 is 5.76. The third kappa shape index (κ3) is 7.25. The van der Waals surface area contributed by atoms with Gasteiger partial charge in [0, 0.05) is 38.7 Å². The number of carbonyl (C=O) groups excluding carboxylic acids is 2. The van der Waals surface area contributed by atoms with Gasteiger partial charge in [0.25, 0.3) is 0 Å². The van der Waals surface area contributed by atoms with Crippen LogP contribution in [0.2, 0.25) is 0 Å². The molecule has 0 saturated carbocycles. The standard InChI is InChI=1S/C24H29N3O3/c1-20-10-6-7-13-22(20)30-19-9-17-26(2)23(28)14-15-24(29)27(18-8-16-25)21-11-4-3-5-12-21/h3-7,10-13H,8-9,14-15,17-19H2,1-2H3. The second-order valence-electron chi connectivity index (χ2n) is 7.07. The van der Waals surface area contributed by atoms with Gasteiger partial charge in [-0.05, 0) is 37.1 Å². The van der Waals surface area contributed by atoms with Crippen LogP contribution in [0.25, 0.3) is 0 Å². The first-order valence-corrected chi connectivity index (χ1v) is 10.2. The quantitative estimate of drug-likeness (QED) is 0.529. The Bertz CT molecular complexity index is 861. The Labute approximate surface area is 178 Å². The molecular weight excluding hydrogens is 378 g/mol. The van der Waals surface area contributed by atoms with Crippen LogP contribution in [0.15, 0.2) is 54.6 Å². The van der Waals surface area contributed by atoms with Crippen LogP contribution >= 0.6 is 0 Å². The molecule has 0 atom stereocenters. The number of anilines is 1. The fourth-order valence-corrected chi connectivity index (χ4v) is 3.03. The van der Waals surface area contributed by atoms with E-state index in [4.69, 9.17) is 10.00 Å². The van der Waals surface area contributed by atoms with Crippen LogP contribution in [-0.4, -0.2) is 43.5 Å². The third-order valence-corrected chi connectivity index (χ3v) is 4.78.